The lowest BCUT2D eigenvalue weighted by molar-refractivity contribution is -0.889. The van der Waals surface area contributed by atoms with E-state index in [9.17, 15) is 19.5 Å². The van der Waals surface area contributed by atoms with Crippen molar-refractivity contribution in [2.24, 2.45) is 0 Å². The van der Waals surface area contributed by atoms with Crippen molar-refractivity contribution in [1.82, 2.24) is 0 Å². The van der Waals surface area contributed by atoms with Crippen molar-refractivity contribution < 1.29 is 38.2 Å². The highest BCUT2D eigenvalue weighted by atomic mass is 16.6. The summed E-state index contributed by atoms with van der Waals surface area (Å²) in [5.41, 5.74) is 0. The second kappa shape index (κ2) is 42.7. The maximum absolute atomic E-state index is 12.8. The van der Waals surface area contributed by atoms with E-state index in [0.717, 1.165) is 77.0 Å². The smallest absolute Gasteiger partial charge is 0.306 e. The number of carboxylic acids is 1. The maximum Gasteiger partial charge on any atom is 0.306 e. The fourth-order valence-electron chi connectivity index (χ4n) is 6.90. The van der Waals surface area contributed by atoms with E-state index in [-0.39, 0.29) is 42.7 Å². The number of aliphatic carboxylic acids is 1. The second-order valence-electron chi connectivity index (χ2n) is 17.4. The molecule has 0 saturated carbocycles. The van der Waals surface area contributed by atoms with Crippen LogP contribution in [0.2, 0.25) is 0 Å². The van der Waals surface area contributed by atoms with Crippen LogP contribution in [0.25, 0.3) is 0 Å². The Balaban J connectivity index is 4.36. The van der Waals surface area contributed by atoms with Gasteiger partial charge in [0.1, 0.15) is 12.6 Å². The van der Waals surface area contributed by atoms with Crippen LogP contribution in [-0.2, 0) is 28.6 Å². The first kappa shape index (κ1) is 57.0. The summed E-state index contributed by atoms with van der Waals surface area (Å²) in [4.78, 5) is 37.0. The number of unbranched alkanes of at least 4 members (excludes halogenated alkanes) is 22. The molecule has 0 aliphatic carbocycles. The van der Waals surface area contributed by atoms with Gasteiger partial charge in [-0.05, 0) is 64.2 Å². The van der Waals surface area contributed by atoms with Crippen molar-refractivity contribution >= 4 is 17.9 Å². The van der Waals surface area contributed by atoms with Crippen LogP contribution < -0.4 is 5.11 Å². The Morgan fingerprint density at radius 1 is 0.500 bits per heavy atom. The van der Waals surface area contributed by atoms with E-state index in [1.807, 2.05) is 0 Å². The van der Waals surface area contributed by atoms with Gasteiger partial charge < -0.3 is 28.6 Å². The number of ether oxygens (including phenoxy) is 3. The first-order valence-electron chi connectivity index (χ1n) is 24.4. The number of carbonyl (C=O) groups is 3. The van der Waals surface area contributed by atoms with Gasteiger partial charge in [0.15, 0.2) is 6.10 Å². The van der Waals surface area contributed by atoms with E-state index < -0.39 is 18.1 Å². The highest BCUT2D eigenvalue weighted by molar-refractivity contribution is 5.70. The molecule has 60 heavy (non-hydrogen) atoms. The van der Waals surface area contributed by atoms with Crippen LogP contribution in [0.3, 0.4) is 0 Å². The molecule has 0 aromatic carbocycles. The Labute approximate surface area is 368 Å². The molecule has 0 saturated heterocycles. The normalized spacial score (nSPS) is 13.4. The van der Waals surface area contributed by atoms with Gasteiger partial charge in [-0.15, -0.1) is 0 Å². The number of allylic oxidation sites excluding steroid dienone is 10. The number of carboxylic acid groups (broad SMARTS) is 1. The fraction of sp³-hybridized carbons (Fsp3) is 0.750. The Morgan fingerprint density at radius 2 is 0.900 bits per heavy atom. The predicted molar refractivity (Wildman–Crippen MR) is 249 cm³/mol. The number of likely N-dealkylation sites (N-methyl/N-ethyl adjacent to an activating group) is 1. The molecule has 0 bridgehead atoms. The van der Waals surface area contributed by atoms with E-state index >= 15 is 0 Å². The Hall–Kier alpha value is -2.97. The lowest BCUT2D eigenvalue weighted by Crippen LogP contribution is -2.55. The molecule has 0 spiro atoms. The number of rotatable bonds is 43. The molecule has 0 heterocycles. The molecule has 0 aliphatic rings. The molecular formula is C52H91NO7. The van der Waals surface area contributed by atoms with Crippen molar-refractivity contribution in [1.29, 1.82) is 0 Å². The molecule has 8 nitrogen and oxygen atoms in total. The molecule has 0 rings (SSSR count). The van der Waals surface area contributed by atoms with Gasteiger partial charge in [-0.25, -0.2) is 0 Å². The number of hydrogen-bond donors (Lipinski definition) is 0. The van der Waals surface area contributed by atoms with Gasteiger partial charge in [0.05, 0.1) is 40.3 Å². The lowest BCUT2D eigenvalue weighted by Gasteiger charge is -2.34. The van der Waals surface area contributed by atoms with E-state index in [4.69, 9.17) is 14.2 Å². The van der Waals surface area contributed by atoms with Gasteiger partial charge in [-0.2, -0.15) is 0 Å². The number of esters is 2. The largest absolute Gasteiger partial charge is 0.544 e. The molecule has 0 aromatic rings. The monoisotopic (exact) mass is 842 g/mol. The Bertz CT molecular complexity index is 1170. The summed E-state index contributed by atoms with van der Waals surface area (Å²) in [6, 6.07) is -0.733. The van der Waals surface area contributed by atoms with Crippen molar-refractivity contribution in [3.05, 3.63) is 60.8 Å². The highest BCUT2D eigenvalue weighted by Gasteiger charge is 2.25. The van der Waals surface area contributed by atoms with Crippen LogP contribution in [0.4, 0.5) is 0 Å². The van der Waals surface area contributed by atoms with Crippen molar-refractivity contribution in [2.45, 2.75) is 212 Å². The molecule has 0 radical (unpaired) electrons. The predicted octanol–water partition coefficient (Wildman–Crippen LogP) is 12.4. The molecule has 0 amide bonds. The van der Waals surface area contributed by atoms with Gasteiger partial charge in [0.25, 0.3) is 0 Å². The summed E-state index contributed by atoms with van der Waals surface area (Å²) in [5.74, 6) is -1.78. The minimum Gasteiger partial charge on any atom is -0.544 e. The third-order valence-electron chi connectivity index (χ3n) is 10.7. The molecule has 2 unspecified atom stereocenters. The van der Waals surface area contributed by atoms with Gasteiger partial charge in [-0.1, -0.05) is 177 Å². The standard InChI is InChI=1S/C52H91NO7/c1-6-8-10-12-14-16-18-20-22-24-26-28-30-32-34-36-38-40-42-50(54)59-47-48(46-58-45-44-49(52(56)57)53(3,4)5)60-51(55)43-41-39-37-35-33-31-29-27-25-23-21-19-17-15-13-11-9-7-2/h14,16,18,20,22,24,26-29,48-49H,6-13,15,17,19,21,23,25,30-47H2,1-5H3/b16-14+,20-18+,24-22+,28-26+,29-27+. The third-order valence-corrected chi connectivity index (χ3v) is 10.7. The minimum absolute atomic E-state index is 0.0278. The van der Waals surface area contributed by atoms with Crippen LogP contribution in [0, 0.1) is 0 Å². The zero-order valence-electron chi connectivity index (χ0n) is 39.4. The SMILES string of the molecule is CCCCC/C=C/C=C/C=C/C=C/CCCCCCCC(=O)OCC(COCCC(C(=O)[O-])[N+](C)(C)C)OC(=O)CCCCCCC/C=C/CCCCCCCCCCC. The van der Waals surface area contributed by atoms with Crippen LogP contribution in [-0.4, -0.2) is 75.5 Å². The van der Waals surface area contributed by atoms with Crippen molar-refractivity contribution in [3.63, 3.8) is 0 Å². The Morgan fingerprint density at radius 3 is 1.38 bits per heavy atom. The number of nitrogens with zero attached hydrogens (tertiary/aromatic N) is 1. The van der Waals surface area contributed by atoms with Gasteiger partial charge in [-0.3, -0.25) is 9.59 Å². The lowest BCUT2D eigenvalue weighted by atomic mass is 10.1. The summed E-state index contributed by atoms with van der Waals surface area (Å²) in [6.45, 7) is 4.60. The molecular weight excluding hydrogens is 751 g/mol. The maximum atomic E-state index is 12.8. The van der Waals surface area contributed by atoms with Gasteiger partial charge >= 0.3 is 11.9 Å². The topological polar surface area (TPSA) is 102 Å². The summed E-state index contributed by atoms with van der Waals surface area (Å²) in [5, 5.41) is 11.6. The average molecular weight is 842 g/mol. The quantitative estimate of drug-likeness (QED) is 0.0198. The van der Waals surface area contributed by atoms with Crippen LogP contribution >= 0.6 is 0 Å². The number of carbonyl (C=O) groups excluding carboxylic acids is 3. The first-order chi connectivity index (χ1) is 29.1. The molecule has 2 atom stereocenters. The molecule has 346 valence electrons. The summed E-state index contributed by atoms with van der Waals surface area (Å²) >= 11 is 0. The van der Waals surface area contributed by atoms with Gasteiger partial charge in [0, 0.05) is 19.3 Å². The van der Waals surface area contributed by atoms with E-state index in [0.29, 0.717) is 12.8 Å². The summed E-state index contributed by atoms with van der Waals surface area (Å²) < 4.78 is 17.2. The number of quaternary nitrogens is 1. The van der Waals surface area contributed by atoms with Gasteiger partial charge in [0.2, 0.25) is 0 Å². The zero-order chi connectivity index (χ0) is 44.2. The zero-order valence-corrected chi connectivity index (χ0v) is 39.4. The molecule has 8 heteroatoms. The van der Waals surface area contributed by atoms with Crippen molar-refractivity contribution in [2.75, 3.05) is 41.0 Å². The van der Waals surface area contributed by atoms with E-state index in [1.54, 1.807) is 21.1 Å². The second-order valence-corrected chi connectivity index (χ2v) is 17.4. The molecule has 0 aromatic heterocycles. The molecule has 0 fully saturated rings. The Kier molecular flexibility index (Phi) is 40.6. The van der Waals surface area contributed by atoms with Crippen LogP contribution in [0.15, 0.2) is 60.8 Å². The third kappa shape index (κ3) is 40.4. The van der Waals surface area contributed by atoms with E-state index in [1.165, 1.54) is 89.9 Å². The van der Waals surface area contributed by atoms with Crippen LogP contribution in [0.1, 0.15) is 200 Å². The summed E-state index contributed by atoms with van der Waals surface area (Å²) in [7, 11) is 5.40. The molecule has 0 aliphatic heterocycles. The average Bonchev–Trinajstić information content (AvgIpc) is 3.21. The van der Waals surface area contributed by atoms with E-state index in [2.05, 4.69) is 74.6 Å². The fourth-order valence-corrected chi connectivity index (χ4v) is 6.90. The minimum atomic E-state index is -1.13. The number of hydrogen-bond acceptors (Lipinski definition) is 7. The molecule has 0 N–H and O–H groups in total. The highest BCUT2D eigenvalue weighted by Crippen LogP contribution is 2.14. The van der Waals surface area contributed by atoms with Crippen molar-refractivity contribution in [3.8, 4) is 0 Å². The van der Waals surface area contributed by atoms with Crippen LogP contribution in [0.5, 0.6) is 0 Å². The first-order valence-corrected chi connectivity index (χ1v) is 24.4. The summed E-state index contributed by atoms with van der Waals surface area (Å²) in [6.07, 6.45) is 52.4.